The van der Waals surface area contributed by atoms with Crippen LogP contribution in [0.2, 0.25) is 0 Å². The van der Waals surface area contributed by atoms with E-state index in [1.165, 1.54) is 38.5 Å². The van der Waals surface area contributed by atoms with Gasteiger partial charge >= 0.3 is 0 Å². The molecule has 17 heavy (non-hydrogen) atoms. The van der Waals surface area contributed by atoms with E-state index >= 15 is 0 Å². The first-order valence-electron chi connectivity index (χ1n) is 7.00. The molecule has 0 aromatic heterocycles. The minimum Gasteiger partial charge on any atom is -0.286 e. The van der Waals surface area contributed by atoms with E-state index in [0.717, 1.165) is 30.6 Å². The van der Waals surface area contributed by atoms with Gasteiger partial charge in [-0.25, -0.2) is 0 Å². The molecule has 0 aromatic rings. The van der Waals surface area contributed by atoms with Crippen LogP contribution in [0.4, 0.5) is 0 Å². The van der Waals surface area contributed by atoms with Gasteiger partial charge in [0.2, 0.25) is 0 Å². The van der Waals surface area contributed by atoms with E-state index in [0.29, 0.717) is 6.42 Å². The lowest BCUT2D eigenvalue weighted by Crippen LogP contribution is -2.10. The summed E-state index contributed by atoms with van der Waals surface area (Å²) in [5.41, 5.74) is 0. The predicted octanol–water partition coefficient (Wildman–Crippen LogP) is 3.26. The molecular formula is C13H24O3S. The lowest BCUT2D eigenvalue weighted by atomic mass is 9.85. The van der Waals surface area contributed by atoms with E-state index in [9.17, 15) is 8.42 Å². The normalized spacial score (nSPS) is 32.2. The standard InChI is InChI=1S/C13H24O3S/c14-17(15,16)8-4-2-1-3-5-12-9-11-6-7-13(12)10-11/h11-13H,1-10H2,(H,14,15,16). The summed E-state index contributed by atoms with van der Waals surface area (Å²) in [5.74, 6) is 2.94. The molecule has 3 unspecified atom stereocenters. The van der Waals surface area contributed by atoms with E-state index in [1.807, 2.05) is 0 Å². The van der Waals surface area contributed by atoms with Crippen molar-refractivity contribution in [2.75, 3.05) is 5.75 Å². The molecule has 3 nitrogen and oxygen atoms in total. The number of fused-ring (bicyclic) bond motifs is 2. The molecule has 0 amide bonds. The van der Waals surface area contributed by atoms with Crippen LogP contribution >= 0.6 is 0 Å². The van der Waals surface area contributed by atoms with Gasteiger partial charge in [-0.3, -0.25) is 4.55 Å². The van der Waals surface area contributed by atoms with Gasteiger partial charge in [0.1, 0.15) is 0 Å². The molecule has 0 spiro atoms. The minimum absolute atomic E-state index is 0.0683. The molecule has 4 heteroatoms. The fourth-order valence-corrected chi connectivity index (χ4v) is 4.34. The molecule has 2 rings (SSSR count). The molecule has 2 saturated carbocycles. The van der Waals surface area contributed by atoms with Crippen molar-refractivity contribution < 1.29 is 13.0 Å². The van der Waals surface area contributed by atoms with Crippen LogP contribution in [0.25, 0.3) is 0 Å². The second-order valence-corrected chi connectivity index (χ2v) is 7.50. The van der Waals surface area contributed by atoms with Crippen molar-refractivity contribution in [3.63, 3.8) is 0 Å². The van der Waals surface area contributed by atoms with Gasteiger partial charge in [0.25, 0.3) is 10.1 Å². The average Bonchev–Trinajstić information content (AvgIpc) is 2.83. The fourth-order valence-electron chi connectivity index (χ4n) is 3.77. The topological polar surface area (TPSA) is 54.4 Å². The monoisotopic (exact) mass is 260 g/mol. The van der Waals surface area contributed by atoms with Gasteiger partial charge in [0, 0.05) is 0 Å². The molecular weight excluding hydrogens is 236 g/mol. The summed E-state index contributed by atoms with van der Waals surface area (Å²) in [6.45, 7) is 0. The van der Waals surface area contributed by atoms with Crippen LogP contribution < -0.4 is 0 Å². The third-order valence-corrected chi connectivity index (χ3v) is 5.42. The second kappa shape index (κ2) is 5.70. The Morgan fingerprint density at radius 1 is 1.00 bits per heavy atom. The molecule has 2 fully saturated rings. The van der Waals surface area contributed by atoms with Crippen molar-refractivity contribution in [3.8, 4) is 0 Å². The molecule has 0 aliphatic heterocycles. The molecule has 1 N–H and O–H groups in total. The zero-order valence-corrected chi connectivity index (χ0v) is 11.3. The molecule has 0 heterocycles. The van der Waals surface area contributed by atoms with Crippen LogP contribution in [0.3, 0.4) is 0 Å². The highest BCUT2D eigenvalue weighted by atomic mass is 32.2. The van der Waals surface area contributed by atoms with Crippen LogP contribution in [0.1, 0.15) is 57.8 Å². The first-order valence-corrected chi connectivity index (χ1v) is 8.60. The summed E-state index contributed by atoms with van der Waals surface area (Å²) in [6, 6.07) is 0. The summed E-state index contributed by atoms with van der Waals surface area (Å²) in [4.78, 5) is 0. The Balaban J connectivity index is 1.50. The van der Waals surface area contributed by atoms with Crippen molar-refractivity contribution >= 4 is 10.1 Å². The number of rotatable bonds is 7. The molecule has 2 aliphatic carbocycles. The molecule has 100 valence electrons. The Hall–Kier alpha value is -0.0900. The maximum Gasteiger partial charge on any atom is 0.264 e. The lowest BCUT2D eigenvalue weighted by Gasteiger charge is -2.21. The average molecular weight is 260 g/mol. The van der Waals surface area contributed by atoms with Crippen molar-refractivity contribution in [1.29, 1.82) is 0 Å². The Morgan fingerprint density at radius 3 is 2.35 bits per heavy atom. The molecule has 0 radical (unpaired) electrons. The number of unbranched alkanes of at least 4 members (excludes halogenated alkanes) is 3. The van der Waals surface area contributed by atoms with Crippen molar-refractivity contribution in [3.05, 3.63) is 0 Å². The van der Waals surface area contributed by atoms with E-state index in [4.69, 9.17) is 4.55 Å². The Morgan fingerprint density at radius 2 is 1.76 bits per heavy atom. The van der Waals surface area contributed by atoms with E-state index in [2.05, 4.69) is 0 Å². The predicted molar refractivity (Wildman–Crippen MR) is 68.4 cm³/mol. The highest BCUT2D eigenvalue weighted by Gasteiger charge is 2.38. The first-order chi connectivity index (χ1) is 8.04. The number of hydrogen-bond donors (Lipinski definition) is 1. The number of hydrogen-bond acceptors (Lipinski definition) is 2. The van der Waals surface area contributed by atoms with Crippen LogP contribution in [-0.4, -0.2) is 18.7 Å². The summed E-state index contributed by atoms with van der Waals surface area (Å²) in [6.07, 6.45) is 11.1. The van der Waals surface area contributed by atoms with Gasteiger partial charge in [-0.1, -0.05) is 32.1 Å². The van der Waals surface area contributed by atoms with Gasteiger partial charge in [0.05, 0.1) is 5.75 Å². The van der Waals surface area contributed by atoms with Gasteiger partial charge in [-0.15, -0.1) is 0 Å². The third-order valence-electron chi connectivity index (χ3n) is 4.61. The molecule has 2 aliphatic rings. The highest BCUT2D eigenvalue weighted by molar-refractivity contribution is 7.85. The van der Waals surface area contributed by atoms with Crippen LogP contribution in [0.15, 0.2) is 0 Å². The van der Waals surface area contributed by atoms with Crippen molar-refractivity contribution in [2.45, 2.75) is 57.8 Å². The SMILES string of the molecule is O=S(=O)(O)CCCCCCC1CC2CCC1C2. The molecule has 2 bridgehead atoms. The van der Waals surface area contributed by atoms with E-state index in [1.54, 1.807) is 0 Å². The molecule has 0 saturated heterocycles. The zero-order valence-electron chi connectivity index (χ0n) is 10.5. The largest absolute Gasteiger partial charge is 0.286 e. The lowest BCUT2D eigenvalue weighted by molar-refractivity contribution is 0.305. The second-order valence-electron chi connectivity index (χ2n) is 5.92. The van der Waals surface area contributed by atoms with Gasteiger partial charge in [-0.05, 0) is 43.4 Å². The highest BCUT2D eigenvalue weighted by Crippen LogP contribution is 2.49. The Bertz CT molecular complexity index is 337. The van der Waals surface area contributed by atoms with Gasteiger partial charge in [0.15, 0.2) is 0 Å². The Labute approximate surface area is 105 Å². The maximum atomic E-state index is 10.5. The van der Waals surface area contributed by atoms with Crippen LogP contribution in [-0.2, 0) is 10.1 Å². The maximum absolute atomic E-state index is 10.5. The summed E-state index contributed by atoms with van der Waals surface area (Å²) in [7, 11) is -3.73. The van der Waals surface area contributed by atoms with Gasteiger partial charge < -0.3 is 0 Å². The van der Waals surface area contributed by atoms with Crippen molar-refractivity contribution in [2.24, 2.45) is 17.8 Å². The van der Waals surface area contributed by atoms with Gasteiger partial charge in [-0.2, -0.15) is 8.42 Å². The third kappa shape index (κ3) is 4.25. The van der Waals surface area contributed by atoms with Crippen LogP contribution in [0.5, 0.6) is 0 Å². The zero-order chi connectivity index (χ0) is 12.3. The summed E-state index contributed by atoms with van der Waals surface area (Å²) >= 11 is 0. The van der Waals surface area contributed by atoms with E-state index in [-0.39, 0.29) is 5.75 Å². The molecule has 0 aromatic carbocycles. The summed E-state index contributed by atoms with van der Waals surface area (Å²) in [5, 5.41) is 0. The molecule has 3 atom stereocenters. The minimum atomic E-state index is -3.73. The first kappa shape index (κ1) is 13.3. The van der Waals surface area contributed by atoms with Crippen LogP contribution in [0, 0.1) is 17.8 Å². The van der Waals surface area contributed by atoms with E-state index < -0.39 is 10.1 Å². The smallest absolute Gasteiger partial charge is 0.264 e. The Kier molecular flexibility index (Phi) is 4.47. The fraction of sp³-hybridized carbons (Fsp3) is 1.00. The van der Waals surface area contributed by atoms with Crippen molar-refractivity contribution in [1.82, 2.24) is 0 Å². The summed E-state index contributed by atoms with van der Waals surface area (Å²) < 4.78 is 29.6. The quantitative estimate of drug-likeness (QED) is 0.564.